The number of fused-ring (bicyclic) bond motifs is 2. The SMILES string of the molecule is O=P(O)(O)OP1(=O)Oc2c(-c3ccccc3)c(c(-c3ccccc3)c(-c3ccccc3)c2-c2ccccc2)O1. The van der Waals surface area contributed by atoms with Gasteiger partial charge < -0.3 is 18.8 Å². The van der Waals surface area contributed by atoms with Crippen molar-refractivity contribution in [1.82, 2.24) is 0 Å². The van der Waals surface area contributed by atoms with Crippen molar-refractivity contribution in [3.63, 3.8) is 0 Å². The molecule has 194 valence electrons. The van der Waals surface area contributed by atoms with Gasteiger partial charge in [0, 0.05) is 16.7 Å². The molecule has 0 unspecified atom stereocenters. The van der Waals surface area contributed by atoms with Crippen LogP contribution in [0.1, 0.15) is 0 Å². The molecule has 7 nitrogen and oxygen atoms in total. The number of hydrogen-bond donors (Lipinski definition) is 2. The smallest absolute Gasteiger partial charge is 0.393 e. The first kappa shape index (κ1) is 25.3. The van der Waals surface area contributed by atoms with Gasteiger partial charge in [-0.2, -0.15) is 4.31 Å². The number of rotatable bonds is 6. The van der Waals surface area contributed by atoms with E-state index in [2.05, 4.69) is 4.31 Å². The Morgan fingerprint density at radius 3 is 1.15 bits per heavy atom. The highest BCUT2D eigenvalue weighted by atomic mass is 31.3. The summed E-state index contributed by atoms with van der Waals surface area (Å²) in [6.07, 6.45) is 0. The largest absolute Gasteiger partial charge is 0.596 e. The first-order valence-electron chi connectivity index (χ1n) is 12.0. The summed E-state index contributed by atoms with van der Waals surface area (Å²) in [5.41, 5.74) is 5.46. The van der Waals surface area contributed by atoms with Crippen LogP contribution in [0.2, 0.25) is 0 Å². The lowest BCUT2D eigenvalue weighted by Gasteiger charge is -2.33. The van der Waals surface area contributed by atoms with E-state index < -0.39 is 15.6 Å². The molecular formula is C30H22O7P2. The molecule has 0 saturated heterocycles. The summed E-state index contributed by atoms with van der Waals surface area (Å²) in [6, 6.07) is 37.8. The molecule has 0 radical (unpaired) electrons. The highest BCUT2D eigenvalue weighted by Gasteiger charge is 2.47. The molecule has 0 amide bonds. The van der Waals surface area contributed by atoms with Crippen molar-refractivity contribution in [1.29, 1.82) is 0 Å². The zero-order valence-electron chi connectivity index (χ0n) is 20.4. The molecule has 5 aromatic rings. The summed E-state index contributed by atoms with van der Waals surface area (Å²) >= 11 is 0. The summed E-state index contributed by atoms with van der Waals surface area (Å²) in [4.78, 5) is 19.2. The average molecular weight is 556 g/mol. The van der Waals surface area contributed by atoms with Gasteiger partial charge in [0.25, 0.3) is 0 Å². The Morgan fingerprint density at radius 2 is 0.821 bits per heavy atom. The van der Waals surface area contributed by atoms with E-state index in [0.29, 0.717) is 22.3 Å². The van der Waals surface area contributed by atoms with Crippen LogP contribution in [-0.2, 0) is 13.4 Å². The number of phosphoric acid groups is 2. The van der Waals surface area contributed by atoms with Crippen LogP contribution in [0.5, 0.6) is 11.5 Å². The van der Waals surface area contributed by atoms with Crippen LogP contribution in [0.3, 0.4) is 0 Å². The van der Waals surface area contributed by atoms with Crippen molar-refractivity contribution in [2.24, 2.45) is 0 Å². The summed E-state index contributed by atoms with van der Waals surface area (Å²) < 4.78 is 42.1. The van der Waals surface area contributed by atoms with Gasteiger partial charge in [-0.3, -0.25) is 0 Å². The number of hydrogen-bond acceptors (Lipinski definition) is 5. The van der Waals surface area contributed by atoms with E-state index in [-0.39, 0.29) is 11.5 Å². The summed E-state index contributed by atoms with van der Waals surface area (Å²) in [7, 11) is -10.1. The second-order valence-corrected chi connectivity index (χ2v) is 11.7. The standard InChI is InChI=1S/C30H22O7P2/c31-38(32,33)37-39(34)35-29-26(22-15-7-2-8-16-22)25(21-13-5-1-6-14-21)27(23-17-9-3-10-18-23)30(36-39)28(29)24-19-11-4-12-20-24/h1-20H,(H2,31,32,33). The molecule has 2 bridgehead atoms. The summed E-state index contributed by atoms with van der Waals surface area (Å²) in [6.45, 7) is 0. The lowest BCUT2D eigenvalue weighted by molar-refractivity contribution is 0.230. The average Bonchev–Trinajstić information content (AvgIpc) is 2.93. The second-order valence-electron chi connectivity index (χ2n) is 8.82. The van der Waals surface area contributed by atoms with Gasteiger partial charge in [-0.25, -0.2) is 9.13 Å². The van der Waals surface area contributed by atoms with Crippen LogP contribution < -0.4 is 9.05 Å². The van der Waals surface area contributed by atoms with E-state index >= 15 is 0 Å². The Morgan fingerprint density at radius 1 is 0.513 bits per heavy atom. The molecule has 9 heteroatoms. The Labute approximate surface area is 225 Å². The highest BCUT2D eigenvalue weighted by molar-refractivity contribution is 7.61. The molecule has 1 aliphatic rings. The Bertz CT molecular complexity index is 1660. The Balaban J connectivity index is 1.82. The topological polar surface area (TPSA) is 102 Å². The molecule has 0 aromatic heterocycles. The molecule has 39 heavy (non-hydrogen) atoms. The van der Waals surface area contributed by atoms with E-state index in [1.807, 2.05) is 121 Å². The van der Waals surface area contributed by atoms with Crippen LogP contribution in [0.25, 0.3) is 44.5 Å². The third-order valence-electron chi connectivity index (χ3n) is 6.27. The maximum absolute atomic E-state index is 13.8. The molecule has 1 heterocycles. The molecule has 6 rings (SSSR count). The molecule has 0 saturated carbocycles. The van der Waals surface area contributed by atoms with Crippen molar-refractivity contribution in [3.8, 4) is 56.0 Å². The second kappa shape index (κ2) is 9.97. The molecule has 0 spiro atoms. The maximum atomic E-state index is 13.8. The fraction of sp³-hybridized carbons (Fsp3) is 0. The van der Waals surface area contributed by atoms with E-state index in [9.17, 15) is 18.9 Å². The van der Waals surface area contributed by atoms with Crippen molar-refractivity contribution < 1.29 is 32.3 Å². The third-order valence-corrected chi connectivity index (χ3v) is 8.73. The Kier molecular flexibility index (Phi) is 6.48. The zero-order chi connectivity index (χ0) is 27.0. The van der Waals surface area contributed by atoms with Crippen LogP contribution in [0, 0.1) is 0 Å². The van der Waals surface area contributed by atoms with Crippen molar-refractivity contribution in [2.45, 2.75) is 0 Å². The van der Waals surface area contributed by atoms with E-state index in [1.165, 1.54) is 0 Å². The van der Waals surface area contributed by atoms with Crippen LogP contribution in [-0.4, -0.2) is 9.79 Å². The normalized spacial score (nSPS) is 13.8. The predicted octanol–water partition coefficient (Wildman–Crippen LogP) is 8.34. The van der Waals surface area contributed by atoms with Crippen molar-refractivity contribution >= 4 is 15.6 Å². The fourth-order valence-corrected chi connectivity index (χ4v) is 6.97. The van der Waals surface area contributed by atoms with Gasteiger partial charge >= 0.3 is 15.6 Å². The third kappa shape index (κ3) is 4.95. The highest BCUT2D eigenvalue weighted by Crippen LogP contribution is 2.70. The summed E-state index contributed by atoms with van der Waals surface area (Å²) in [5.74, 6) is 0.285. The first-order chi connectivity index (χ1) is 18.8. The van der Waals surface area contributed by atoms with Gasteiger partial charge in [-0.15, -0.1) is 0 Å². The van der Waals surface area contributed by atoms with E-state index in [4.69, 9.17) is 9.05 Å². The van der Waals surface area contributed by atoms with Crippen molar-refractivity contribution in [2.75, 3.05) is 0 Å². The molecule has 0 fully saturated rings. The van der Waals surface area contributed by atoms with Crippen molar-refractivity contribution in [3.05, 3.63) is 121 Å². The van der Waals surface area contributed by atoms with Crippen LogP contribution >= 0.6 is 15.6 Å². The van der Waals surface area contributed by atoms with Crippen LogP contribution in [0.4, 0.5) is 0 Å². The van der Waals surface area contributed by atoms with Crippen LogP contribution in [0.15, 0.2) is 121 Å². The molecule has 0 atom stereocenters. The molecule has 2 N–H and O–H groups in total. The fourth-order valence-electron chi connectivity index (χ4n) is 4.81. The predicted molar refractivity (Wildman–Crippen MR) is 150 cm³/mol. The minimum atomic E-state index is -5.26. The van der Waals surface area contributed by atoms with Gasteiger partial charge in [-0.1, -0.05) is 121 Å². The Hall–Kier alpha value is -3.96. The minimum absolute atomic E-state index is 0.143. The lowest BCUT2D eigenvalue weighted by Crippen LogP contribution is -2.13. The summed E-state index contributed by atoms with van der Waals surface area (Å²) in [5, 5.41) is 0. The zero-order valence-corrected chi connectivity index (χ0v) is 22.2. The van der Waals surface area contributed by atoms with Gasteiger partial charge in [0.1, 0.15) is 0 Å². The van der Waals surface area contributed by atoms with Gasteiger partial charge in [0.2, 0.25) is 0 Å². The monoisotopic (exact) mass is 556 g/mol. The lowest BCUT2D eigenvalue weighted by atomic mass is 9.83. The molecule has 0 aliphatic carbocycles. The van der Waals surface area contributed by atoms with E-state index in [0.717, 1.165) is 22.3 Å². The minimum Gasteiger partial charge on any atom is -0.393 e. The molecule has 1 aliphatic heterocycles. The number of benzene rings is 5. The molecular weight excluding hydrogens is 534 g/mol. The maximum Gasteiger partial charge on any atom is 0.596 e. The number of phosphoric ester groups is 1. The quantitative estimate of drug-likeness (QED) is 0.203. The van der Waals surface area contributed by atoms with Gasteiger partial charge in [0.15, 0.2) is 11.5 Å². The van der Waals surface area contributed by atoms with Gasteiger partial charge in [0.05, 0.1) is 5.56 Å². The molecule has 5 aromatic carbocycles. The van der Waals surface area contributed by atoms with E-state index in [1.54, 1.807) is 0 Å². The first-order valence-corrected chi connectivity index (χ1v) is 15.0. The van der Waals surface area contributed by atoms with Gasteiger partial charge in [-0.05, 0) is 22.3 Å².